The Morgan fingerprint density at radius 3 is 2.88 bits per heavy atom. The third-order valence-corrected chi connectivity index (χ3v) is 4.33. The zero-order valence-electron chi connectivity index (χ0n) is 13.8. The number of nitrogens with one attached hydrogen (secondary N) is 1. The molecule has 8 nitrogen and oxygen atoms in total. The predicted molar refractivity (Wildman–Crippen MR) is 98.1 cm³/mol. The summed E-state index contributed by atoms with van der Waals surface area (Å²) in [7, 11) is 1.23. The largest absolute Gasteiger partial charge is 0.466 e. The van der Waals surface area contributed by atoms with Crippen molar-refractivity contribution in [2.45, 2.75) is 6.92 Å². The average molecular weight is 371 g/mol. The van der Waals surface area contributed by atoms with Crippen LogP contribution in [0.25, 0.3) is 11.0 Å². The Bertz CT molecular complexity index is 1050. The van der Waals surface area contributed by atoms with E-state index in [-0.39, 0.29) is 10.1 Å². The van der Waals surface area contributed by atoms with Gasteiger partial charge in [0, 0.05) is 17.5 Å². The quantitative estimate of drug-likeness (QED) is 0.289. The number of hydrogen-bond acceptors (Lipinski definition) is 8. The molecule has 0 saturated carbocycles. The summed E-state index contributed by atoms with van der Waals surface area (Å²) in [6.45, 7) is 1.83. The predicted octanol–water partition coefficient (Wildman–Crippen LogP) is 1.71. The number of rotatable bonds is 3. The first kappa shape index (κ1) is 17.6. The maximum atomic E-state index is 11.7. The Morgan fingerprint density at radius 1 is 1.31 bits per heavy atom. The number of carbonyl (C=O) groups excluding carboxylic acids is 2. The first-order valence-corrected chi connectivity index (χ1v) is 8.22. The highest BCUT2D eigenvalue weighted by molar-refractivity contribution is 8.18. The van der Waals surface area contributed by atoms with Crippen LogP contribution >= 0.6 is 11.8 Å². The lowest BCUT2D eigenvalue weighted by Gasteiger charge is -2.00. The molecule has 9 heteroatoms. The molecule has 2 aromatic rings. The lowest BCUT2D eigenvalue weighted by atomic mass is 10.1. The molecule has 0 radical (unpaired) electrons. The number of amidine groups is 1. The minimum Gasteiger partial charge on any atom is -0.466 e. The minimum absolute atomic E-state index is 0.175. The molecule has 1 N–H and O–H groups in total. The number of ether oxygens (including phenoxy) is 1. The zero-order chi connectivity index (χ0) is 18.7. The second-order valence-corrected chi connectivity index (χ2v) is 6.27. The summed E-state index contributed by atoms with van der Waals surface area (Å²) in [5, 5.41) is 11.4. The molecule has 1 aromatic heterocycles. The number of benzene rings is 1. The molecule has 1 amide bonds. The highest BCUT2D eigenvalue weighted by atomic mass is 32.2. The van der Waals surface area contributed by atoms with Gasteiger partial charge in [0.1, 0.15) is 5.58 Å². The topological polar surface area (TPSA) is 110 Å². The van der Waals surface area contributed by atoms with E-state index < -0.39 is 17.5 Å². The van der Waals surface area contributed by atoms with Crippen LogP contribution in [0.15, 0.2) is 54.7 Å². The van der Waals surface area contributed by atoms with Crippen molar-refractivity contribution in [3.05, 3.63) is 56.8 Å². The summed E-state index contributed by atoms with van der Waals surface area (Å²) in [6, 6.07) is 6.74. The Kier molecular flexibility index (Phi) is 4.99. The molecule has 132 valence electrons. The van der Waals surface area contributed by atoms with Crippen LogP contribution in [-0.2, 0) is 14.3 Å². The minimum atomic E-state index is -0.625. The highest BCUT2D eigenvalue weighted by Crippen LogP contribution is 2.23. The summed E-state index contributed by atoms with van der Waals surface area (Å²) in [5.74, 6) is -1.07. The van der Waals surface area contributed by atoms with Crippen LogP contribution in [0.1, 0.15) is 11.1 Å². The molecule has 0 bridgehead atoms. The molecule has 3 rings (SSSR count). The van der Waals surface area contributed by atoms with Crippen LogP contribution < -0.4 is 10.9 Å². The first-order valence-electron chi connectivity index (χ1n) is 7.40. The van der Waals surface area contributed by atoms with Crippen LogP contribution in [0.5, 0.6) is 0 Å². The SMILES string of the molecule is COC(=O)/C=C1/S/C(=N\N=Cc2ccc3c(C)cc(=O)oc3c2)NC1=O. The van der Waals surface area contributed by atoms with E-state index in [0.717, 1.165) is 28.8 Å². The monoisotopic (exact) mass is 371 g/mol. The van der Waals surface area contributed by atoms with Gasteiger partial charge in [0.2, 0.25) is 0 Å². The van der Waals surface area contributed by atoms with E-state index in [4.69, 9.17) is 4.42 Å². The van der Waals surface area contributed by atoms with Gasteiger partial charge in [0.05, 0.1) is 18.2 Å². The second kappa shape index (κ2) is 7.36. The van der Waals surface area contributed by atoms with E-state index in [1.165, 1.54) is 19.4 Å². The van der Waals surface area contributed by atoms with Crippen molar-refractivity contribution in [1.82, 2.24) is 5.32 Å². The van der Waals surface area contributed by atoms with E-state index >= 15 is 0 Å². The number of esters is 1. The number of methoxy groups -OCH3 is 1. The molecule has 0 aliphatic carbocycles. The molecule has 1 fully saturated rings. The van der Waals surface area contributed by atoms with E-state index in [2.05, 4.69) is 20.3 Å². The highest BCUT2D eigenvalue weighted by Gasteiger charge is 2.24. The third-order valence-electron chi connectivity index (χ3n) is 3.43. The molecule has 2 heterocycles. The van der Waals surface area contributed by atoms with Crippen molar-refractivity contribution in [3.63, 3.8) is 0 Å². The normalized spacial score (nSPS) is 17.4. The van der Waals surface area contributed by atoms with Gasteiger partial charge in [-0.3, -0.25) is 10.1 Å². The lowest BCUT2D eigenvalue weighted by molar-refractivity contribution is -0.135. The van der Waals surface area contributed by atoms with Crippen molar-refractivity contribution < 1.29 is 18.7 Å². The second-order valence-electron chi connectivity index (χ2n) is 5.24. The van der Waals surface area contributed by atoms with Gasteiger partial charge in [-0.1, -0.05) is 12.1 Å². The van der Waals surface area contributed by atoms with Gasteiger partial charge >= 0.3 is 11.6 Å². The van der Waals surface area contributed by atoms with Gasteiger partial charge < -0.3 is 9.15 Å². The first-order chi connectivity index (χ1) is 12.5. The van der Waals surface area contributed by atoms with Crippen molar-refractivity contribution in [1.29, 1.82) is 0 Å². The van der Waals surface area contributed by atoms with Crippen LogP contribution in [0.4, 0.5) is 0 Å². The number of carbonyl (C=O) groups is 2. The Hall–Kier alpha value is -3.20. The maximum Gasteiger partial charge on any atom is 0.336 e. The summed E-state index contributed by atoms with van der Waals surface area (Å²) >= 11 is 0.980. The number of nitrogens with zero attached hydrogens (tertiary/aromatic N) is 2. The summed E-state index contributed by atoms with van der Waals surface area (Å²) < 4.78 is 9.65. The van der Waals surface area contributed by atoms with Gasteiger partial charge in [0.25, 0.3) is 5.91 Å². The van der Waals surface area contributed by atoms with Crippen LogP contribution in [0, 0.1) is 6.92 Å². The van der Waals surface area contributed by atoms with E-state index in [0.29, 0.717) is 11.1 Å². The average Bonchev–Trinajstić information content (AvgIpc) is 2.93. The van der Waals surface area contributed by atoms with Crippen molar-refractivity contribution >= 4 is 46.0 Å². The molecule has 1 aliphatic heterocycles. The molecular weight excluding hydrogens is 358 g/mol. The Morgan fingerprint density at radius 2 is 2.12 bits per heavy atom. The van der Waals surface area contributed by atoms with Gasteiger partial charge in [-0.25, -0.2) is 9.59 Å². The summed E-state index contributed by atoms with van der Waals surface area (Å²) in [5.41, 5.74) is 1.54. The van der Waals surface area contributed by atoms with Gasteiger partial charge in [-0.2, -0.15) is 5.10 Å². The van der Waals surface area contributed by atoms with Crippen molar-refractivity contribution in [2.75, 3.05) is 7.11 Å². The van der Waals surface area contributed by atoms with Gasteiger partial charge in [0.15, 0.2) is 5.17 Å². The molecule has 1 aromatic carbocycles. The lowest BCUT2D eigenvalue weighted by Crippen LogP contribution is -2.19. The molecule has 0 unspecified atom stereocenters. The summed E-state index contributed by atoms with van der Waals surface area (Å²) in [4.78, 5) is 34.5. The van der Waals surface area contributed by atoms with E-state index in [1.807, 2.05) is 19.1 Å². The summed E-state index contributed by atoms with van der Waals surface area (Å²) in [6.07, 6.45) is 2.55. The maximum absolute atomic E-state index is 11.7. The number of thioether (sulfide) groups is 1. The smallest absolute Gasteiger partial charge is 0.336 e. The van der Waals surface area contributed by atoms with Crippen LogP contribution in [-0.4, -0.2) is 30.4 Å². The number of aryl methyl sites for hydroxylation is 1. The fourth-order valence-corrected chi connectivity index (χ4v) is 2.95. The van der Waals surface area contributed by atoms with Crippen LogP contribution in [0.2, 0.25) is 0 Å². The molecular formula is C17H13N3O5S. The Balaban J connectivity index is 1.78. The van der Waals surface area contributed by atoms with Crippen molar-refractivity contribution in [2.24, 2.45) is 10.2 Å². The molecule has 26 heavy (non-hydrogen) atoms. The van der Waals surface area contributed by atoms with Gasteiger partial charge in [-0.15, -0.1) is 5.10 Å². The van der Waals surface area contributed by atoms with E-state index in [1.54, 1.807) is 6.07 Å². The molecule has 0 atom stereocenters. The fourth-order valence-electron chi connectivity index (χ4n) is 2.21. The van der Waals surface area contributed by atoms with Crippen LogP contribution in [0.3, 0.4) is 0 Å². The molecule has 1 aliphatic rings. The Labute approximate surface area is 151 Å². The number of fused-ring (bicyclic) bond motifs is 1. The standard InChI is InChI=1S/C17H13N3O5S/c1-9-5-15(22)25-12-6-10(3-4-11(9)12)8-18-20-17-19-16(23)13(26-17)7-14(21)24-2/h3-8H,1-2H3,(H,19,20,23)/b13-7+,18-8?. The third kappa shape index (κ3) is 3.89. The molecule has 0 spiro atoms. The zero-order valence-corrected chi connectivity index (χ0v) is 14.6. The van der Waals surface area contributed by atoms with Gasteiger partial charge in [-0.05, 0) is 35.9 Å². The number of amides is 1. The molecule has 1 saturated heterocycles. The fraction of sp³-hybridized carbons (Fsp3) is 0.118. The number of hydrogen-bond donors (Lipinski definition) is 1. The van der Waals surface area contributed by atoms with Crippen molar-refractivity contribution in [3.8, 4) is 0 Å². The van der Waals surface area contributed by atoms with E-state index in [9.17, 15) is 14.4 Å².